The van der Waals surface area contributed by atoms with E-state index in [0.717, 1.165) is 5.56 Å². The van der Waals surface area contributed by atoms with E-state index in [-0.39, 0.29) is 11.7 Å². The fourth-order valence-corrected chi connectivity index (χ4v) is 2.14. The van der Waals surface area contributed by atoms with Gasteiger partial charge in [-0.25, -0.2) is 0 Å². The van der Waals surface area contributed by atoms with Crippen LogP contribution >= 0.6 is 0 Å². The Balaban J connectivity index is 2.47. The summed E-state index contributed by atoms with van der Waals surface area (Å²) in [4.78, 5) is 0. The molecule has 0 aliphatic carbocycles. The second-order valence-electron chi connectivity index (χ2n) is 5.05. The Morgan fingerprint density at radius 3 is 2.62 bits per heavy atom. The minimum Gasteiger partial charge on any atom is -0.507 e. The van der Waals surface area contributed by atoms with Crippen LogP contribution in [-0.2, 0) is 6.42 Å². The summed E-state index contributed by atoms with van der Waals surface area (Å²) in [5, 5.41) is 33.5. The Bertz CT molecular complexity index is 865. The van der Waals surface area contributed by atoms with Crippen LogP contribution in [-0.4, -0.2) is 23.2 Å². The van der Waals surface area contributed by atoms with Crippen molar-refractivity contribution in [2.75, 3.05) is 0 Å². The van der Waals surface area contributed by atoms with E-state index in [9.17, 15) is 5.11 Å². The first-order valence-electron chi connectivity index (χ1n) is 7.00. The molecule has 0 saturated heterocycles. The number of rotatable bonds is 4. The molecule has 2 rings (SSSR count). The van der Waals surface area contributed by atoms with E-state index in [4.69, 9.17) is 22.6 Å². The van der Waals surface area contributed by atoms with E-state index in [1.807, 2.05) is 12.1 Å². The highest BCUT2D eigenvalue weighted by Crippen LogP contribution is 2.36. The van der Waals surface area contributed by atoms with Crippen molar-refractivity contribution in [3.63, 3.8) is 0 Å². The number of guanidine groups is 2. The third kappa shape index (κ3) is 4.03. The molecule has 2 aromatic rings. The maximum atomic E-state index is 10.2. The zero-order valence-corrected chi connectivity index (χ0v) is 13.1. The molecule has 24 heavy (non-hydrogen) atoms. The third-order valence-electron chi connectivity index (χ3n) is 3.19. The zero-order chi connectivity index (χ0) is 17.7. The Kier molecular flexibility index (Phi) is 5.05. The van der Waals surface area contributed by atoms with Crippen LogP contribution in [0.3, 0.4) is 0 Å². The van der Waals surface area contributed by atoms with Crippen molar-refractivity contribution in [3.05, 3.63) is 35.4 Å². The molecule has 9 nitrogen and oxygen atoms in total. The predicted molar refractivity (Wildman–Crippen MR) is 94.8 cm³/mol. The number of fused-ring (bicyclic) bond motifs is 1. The first-order valence-corrected chi connectivity index (χ1v) is 7.00. The fourth-order valence-electron chi connectivity index (χ4n) is 2.14. The number of benzene rings is 2. The van der Waals surface area contributed by atoms with Gasteiger partial charge in [0.15, 0.2) is 0 Å². The average molecular weight is 326 g/mol. The monoisotopic (exact) mass is 326 g/mol. The SMILES string of the molecule is Cc1cc(N=NC(=N)N)c2cc(CC=NN=C(N)N)ccc2c1O. The molecule has 0 radical (unpaired) electrons. The lowest BCUT2D eigenvalue weighted by Gasteiger charge is -2.09. The molecule has 0 amide bonds. The van der Waals surface area contributed by atoms with Crippen LogP contribution in [0.4, 0.5) is 5.69 Å². The van der Waals surface area contributed by atoms with Crippen LogP contribution in [0, 0.1) is 12.3 Å². The summed E-state index contributed by atoms with van der Waals surface area (Å²) in [6, 6.07) is 7.18. The summed E-state index contributed by atoms with van der Waals surface area (Å²) in [6.45, 7) is 1.76. The topological polar surface area (TPSA) is 172 Å². The Labute approximate surface area is 138 Å². The molecular formula is C15H18N8O. The van der Waals surface area contributed by atoms with E-state index in [2.05, 4.69) is 20.4 Å². The van der Waals surface area contributed by atoms with Gasteiger partial charge in [-0.3, -0.25) is 5.41 Å². The fraction of sp³-hybridized carbons (Fsp3) is 0.133. The number of aryl methyl sites for hydroxylation is 1. The van der Waals surface area contributed by atoms with Gasteiger partial charge in [0.2, 0.25) is 11.9 Å². The third-order valence-corrected chi connectivity index (χ3v) is 3.19. The lowest BCUT2D eigenvalue weighted by atomic mass is 10.0. The van der Waals surface area contributed by atoms with Gasteiger partial charge >= 0.3 is 0 Å². The van der Waals surface area contributed by atoms with Crippen molar-refractivity contribution in [3.8, 4) is 5.75 Å². The molecule has 0 heterocycles. The number of phenols is 1. The first kappa shape index (κ1) is 16.9. The molecule has 0 saturated carbocycles. The summed E-state index contributed by atoms with van der Waals surface area (Å²) in [5.41, 5.74) is 17.7. The average Bonchev–Trinajstić information content (AvgIpc) is 2.53. The number of azo groups is 1. The first-order chi connectivity index (χ1) is 11.4. The van der Waals surface area contributed by atoms with Gasteiger partial charge in [-0.15, -0.1) is 15.3 Å². The highest BCUT2D eigenvalue weighted by molar-refractivity contribution is 5.98. The summed E-state index contributed by atoms with van der Waals surface area (Å²) >= 11 is 0. The van der Waals surface area contributed by atoms with Gasteiger partial charge in [-0.2, -0.15) is 5.10 Å². The Morgan fingerprint density at radius 1 is 1.21 bits per heavy atom. The van der Waals surface area contributed by atoms with Crippen molar-refractivity contribution in [2.45, 2.75) is 13.3 Å². The van der Waals surface area contributed by atoms with Crippen LogP contribution in [0.5, 0.6) is 5.75 Å². The highest BCUT2D eigenvalue weighted by atomic mass is 16.3. The van der Waals surface area contributed by atoms with Crippen molar-refractivity contribution < 1.29 is 5.11 Å². The molecular weight excluding hydrogens is 308 g/mol. The molecule has 2 aromatic carbocycles. The summed E-state index contributed by atoms with van der Waals surface area (Å²) in [7, 11) is 0. The second-order valence-corrected chi connectivity index (χ2v) is 5.05. The quantitative estimate of drug-likeness (QED) is 0.249. The molecule has 0 fully saturated rings. The number of aromatic hydroxyl groups is 1. The molecule has 0 spiro atoms. The largest absolute Gasteiger partial charge is 0.507 e. The molecule has 124 valence electrons. The zero-order valence-electron chi connectivity index (χ0n) is 13.1. The lowest BCUT2D eigenvalue weighted by Crippen LogP contribution is -2.21. The van der Waals surface area contributed by atoms with E-state index in [1.54, 1.807) is 25.3 Å². The van der Waals surface area contributed by atoms with Crippen molar-refractivity contribution in [1.29, 1.82) is 5.41 Å². The number of hydrogen-bond donors (Lipinski definition) is 5. The number of nitrogens with one attached hydrogen (secondary N) is 1. The standard InChI is InChI=1S/C15H18N8O/c1-8-6-12(21-23-15(18)19)11-7-9(2-3-10(11)13(8)24)4-5-20-22-14(16)17/h2-3,5-7,24H,4H2,1H3,(H3,18,19)(H4,16,17,22). The van der Waals surface area contributed by atoms with Gasteiger partial charge in [-0.05, 0) is 30.2 Å². The van der Waals surface area contributed by atoms with E-state index in [1.165, 1.54) is 0 Å². The van der Waals surface area contributed by atoms with Crippen LogP contribution < -0.4 is 17.2 Å². The minimum atomic E-state index is -0.394. The summed E-state index contributed by atoms with van der Waals surface area (Å²) < 4.78 is 0. The maximum absolute atomic E-state index is 10.2. The molecule has 0 atom stereocenters. The normalized spacial score (nSPS) is 11.4. The van der Waals surface area contributed by atoms with E-state index >= 15 is 0 Å². The van der Waals surface area contributed by atoms with Gasteiger partial charge < -0.3 is 22.3 Å². The van der Waals surface area contributed by atoms with Gasteiger partial charge in [-0.1, -0.05) is 12.1 Å². The Hall–Kier alpha value is -3.49. The minimum absolute atomic E-state index is 0.114. The predicted octanol–water partition coefficient (Wildman–Crippen LogP) is 1.63. The maximum Gasteiger partial charge on any atom is 0.232 e. The van der Waals surface area contributed by atoms with Crippen molar-refractivity contribution >= 4 is 34.6 Å². The van der Waals surface area contributed by atoms with Crippen molar-refractivity contribution in [2.24, 2.45) is 37.6 Å². The second kappa shape index (κ2) is 7.18. The van der Waals surface area contributed by atoms with Gasteiger partial charge in [0.1, 0.15) is 5.75 Å². The molecule has 0 aromatic heterocycles. The summed E-state index contributed by atoms with van der Waals surface area (Å²) in [5.74, 6) is -0.334. The van der Waals surface area contributed by atoms with Crippen LogP contribution in [0.2, 0.25) is 0 Å². The number of nitrogens with two attached hydrogens (primary N) is 3. The highest BCUT2D eigenvalue weighted by Gasteiger charge is 2.09. The van der Waals surface area contributed by atoms with Crippen LogP contribution in [0.15, 0.2) is 44.7 Å². The van der Waals surface area contributed by atoms with Crippen LogP contribution in [0.25, 0.3) is 10.8 Å². The molecule has 8 N–H and O–H groups in total. The molecule has 9 heteroatoms. The van der Waals surface area contributed by atoms with Crippen molar-refractivity contribution in [1.82, 2.24) is 0 Å². The Morgan fingerprint density at radius 2 is 1.96 bits per heavy atom. The van der Waals surface area contributed by atoms with Gasteiger partial charge in [0.05, 0.1) is 5.69 Å². The van der Waals surface area contributed by atoms with Crippen LogP contribution in [0.1, 0.15) is 11.1 Å². The molecule has 0 unspecified atom stereocenters. The molecule has 0 aliphatic rings. The number of phenolic OH excluding ortho intramolecular Hbond substituents is 1. The van der Waals surface area contributed by atoms with Gasteiger partial charge in [0.25, 0.3) is 0 Å². The smallest absolute Gasteiger partial charge is 0.232 e. The van der Waals surface area contributed by atoms with Gasteiger partial charge in [0, 0.05) is 23.4 Å². The molecule has 0 aliphatic heterocycles. The molecule has 0 bridgehead atoms. The van der Waals surface area contributed by atoms with E-state index in [0.29, 0.717) is 28.4 Å². The number of hydrogen-bond acceptors (Lipinski definition) is 5. The van der Waals surface area contributed by atoms with E-state index < -0.39 is 5.96 Å². The summed E-state index contributed by atoms with van der Waals surface area (Å²) in [6.07, 6.45) is 2.05. The number of nitrogens with zero attached hydrogens (tertiary/aromatic N) is 4. The lowest BCUT2D eigenvalue weighted by molar-refractivity contribution is 0.477.